The van der Waals surface area contributed by atoms with E-state index in [4.69, 9.17) is 0 Å². The molecule has 0 saturated carbocycles. The van der Waals surface area contributed by atoms with Gasteiger partial charge < -0.3 is 16.0 Å². The summed E-state index contributed by atoms with van der Waals surface area (Å²) in [5.74, 6) is -1.12. The van der Waals surface area contributed by atoms with Gasteiger partial charge in [-0.15, -0.1) is 0 Å². The number of carbonyl (C=O) groups excluding carboxylic acids is 3. The number of benzene rings is 3. The highest BCUT2D eigenvalue weighted by Crippen LogP contribution is 2.18. The van der Waals surface area contributed by atoms with Gasteiger partial charge in [0, 0.05) is 11.3 Å². The lowest BCUT2D eigenvalue weighted by Crippen LogP contribution is -2.47. The van der Waals surface area contributed by atoms with Gasteiger partial charge in [-0.25, -0.2) is 0 Å². The van der Waals surface area contributed by atoms with Gasteiger partial charge in [0.15, 0.2) is 0 Å². The van der Waals surface area contributed by atoms with E-state index in [0.29, 0.717) is 23.4 Å². The summed E-state index contributed by atoms with van der Waals surface area (Å²) >= 11 is 0. The lowest BCUT2D eigenvalue weighted by molar-refractivity contribution is -0.119. The Bertz CT molecular complexity index is 1070. The van der Waals surface area contributed by atoms with Crippen LogP contribution in [0.5, 0.6) is 0 Å². The van der Waals surface area contributed by atoms with Crippen molar-refractivity contribution in [2.24, 2.45) is 5.92 Å². The molecular formula is C26H27N3O3. The van der Waals surface area contributed by atoms with Crippen molar-refractivity contribution in [3.8, 4) is 0 Å². The van der Waals surface area contributed by atoms with Crippen LogP contribution in [0.1, 0.15) is 41.0 Å². The molecule has 0 aromatic heterocycles. The van der Waals surface area contributed by atoms with Crippen LogP contribution >= 0.6 is 0 Å². The second-order valence-corrected chi connectivity index (χ2v) is 7.56. The van der Waals surface area contributed by atoms with Gasteiger partial charge in [0.25, 0.3) is 11.8 Å². The van der Waals surface area contributed by atoms with Crippen LogP contribution in [0.3, 0.4) is 0 Å². The smallest absolute Gasteiger partial charge is 0.255 e. The molecule has 0 radical (unpaired) electrons. The third-order valence-corrected chi connectivity index (χ3v) is 5.28. The van der Waals surface area contributed by atoms with Gasteiger partial charge in [-0.05, 0) is 42.3 Å². The van der Waals surface area contributed by atoms with Crippen LogP contribution in [-0.2, 0) is 4.79 Å². The molecule has 6 heteroatoms. The van der Waals surface area contributed by atoms with Gasteiger partial charge in [-0.3, -0.25) is 14.4 Å². The summed E-state index contributed by atoms with van der Waals surface area (Å²) in [7, 11) is 0. The van der Waals surface area contributed by atoms with Crippen LogP contribution in [0.4, 0.5) is 11.4 Å². The molecule has 3 aromatic carbocycles. The van der Waals surface area contributed by atoms with E-state index in [1.54, 1.807) is 60.7 Å². The van der Waals surface area contributed by atoms with E-state index in [2.05, 4.69) is 16.0 Å². The molecule has 3 amide bonds. The molecule has 0 bridgehead atoms. The van der Waals surface area contributed by atoms with Crippen molar-refractivity contribution in [2.45, 2.75) is 26.3 Å². The average molecular weight is 430 g/mol. The first-order chi connectivity index (χ1) is 15.5. The predicted octanol–water partition coefficient (Wildman–Crippen LogP) is 4.72. The van der Waals surface area contributed by atoms with Crippen LogP contribution in [0, 0.1) is 5.92 Å². The topological polar surface area (TPSA) is 87.3 Å². The van der Waals surface area contributed by atoms with Crippen molar-refractivity contribution >= 4 is 29.1 Å². The van der Waals surface area contributed by atoms with Crippen LogP contribution in [-0.4, -0.2) is 23.8 Å². The molecule has 0 aliphatic heterocycles. The Balaban J connectivity index is 1.78. The summed E-state index contributed by atoms with van der Waals surface area (Å²) in [4.78, 5) is 38.6. The molecule has 0 saturated heterocycles. The fraction of sp³-hybridized carbons (Fsp3) is 0.192. The van der Waals surface area contributed by atoms with Gasteiger partial charge in [0.05, 0.1) is 11.3 Å². The molecule has 3 N–H and O–H groups in total. The number of amides is 3. The maximum absolute atomic E-state index is 13.1. The van der Waals surface area contributed by atoms with Crippen LogP contribution in [0.15, 0.2) is 84.9 Å². The first kappa shape index (κ1) is 22.7. The molecule has 0 aliphatic carbocycles. The summed E-state index contributed by atoms with van der Waals surface area (Å²) in [6, 6.07) is 23.9. The van der Waals surface area contributed by atoms with E-state index >= 15 is 0 Å². The lowest BCUT2D eigenvalue weighted by Gasteiger charge is -2.24. The van der Waals surface area contributed by atoms with E-state index in [1.807, 2.05) is 38.1 Å². The molecule has 0 heterocycles. The monoisotopic (exact) mass is 429 g/mol. The van der Waals surface area contributed by atoms with E-state index < -0.39 is 11.9 Å². The van der Waals surface area contributed by atoms with E-state index in [-0.39, 0.29) is 23.3 Å². The minimum Gasteiger partial charge on any atom is -0.340 e. The first-order valence-corrected chi connectivity index (χ1v) is 10.6. The zero-order valence-electron chi connectivity index (χ0n) is 18.2. The number of anilines is 2. The molecular weight excluding hydrogens is 402 g/mol. The zero-order chi connectivity index (χ0) is 22.9. The third-order valence-electron chi connectivity index (χ3n) is 5.28. The first-order valence-electron chi connectivity index (χ1n) is 10.6. The van der Waals surface area contributed by atoms with Crippen molar-refractivity contribution in [3.05, 3.63) is 96.1 Å². The van der Waals surface area contributed by atoms with Crippen LogP contribution < -0.4 is 16.0 Å². The number of hydrogen-bond acceptors (Lipinski definition) is 3. The van der Waals surface area contributed by atoms with Crippen molar-refractivity contribution in [2.75, 3.05) is 10.6 Å². The molecule has 6 nitrogen and oxygen atoms in total. The van der Waals surface area contributed by atoms with Gasteiger partial charge in [0.2, 0.25) is 5.91 Å². The van der Waals surface area contributed by atoms with Gasteiger partial charge in [-0.1, -0.05) is 68.8 Å². The van der Waals surface area contributed by atoms with Crippen molar-refractivity contribution in [1.29, 1.82) is 0 Å². The van der Waals surface area contributed by atoms with Gasteiger partial charge in [0.1, 0.15) is 6.04 Å². The SMILES string of the molecule is CC[C@@H](C)[C@@H](NC(=O)c1ccccc1NC(=O)c1ccccc1)C(=O)Nc1ccccc1. The van der Waals surface area contributed by atoms with Crippen molar-refractivity contribution in [1.82, 2.24) is 5.32 Å². The molecule has 32 heavy (non-hydrogen) atoms. The molecule has 0 spiro atoms. The minimum absolute atomic E-state index is 0.0891. The Morgan fingerprint density at radius 2 is 1.34 bits per heavy atom. The summed E-state index contributed by atoms with van der Waals surface area (Å²) in [6.07, 6.45) is 0.708. The molecule has 3 rings (SSSR count). The van der Waals surface area contributed by atoms with Crippen molar-refractivity contribution < 1.29 is 14.4 Å². The number of carbonyl (C=O) groups is 3. The summed E-state index contributed by atoms with van der Waals surface area (Å²) in [6.45, 7) is 3.88. The quantitative estimate of drug-likeness (QED) is 0.484. The standard InChI is InChI=1S/C26H27N3O3/c1-3-18(2)23(26(32)27-20-14-8-5-9-15-20)29-25(31)21-16-10-11-17-22(21)28-24(30)19-12-6-4-7-13-19/h4-18,23H,3H2,1-2H3,(H,27,32)(H,28,30)(H,29,31)/t18-,23-/m1/s1. The van der Waals surface area contributed by atoms with E-state index in [9.17, 15) is 14.4 Å². The highest BCUT2D eigenvalue weighted by molar-refractivity contribution is 6.10. The molecule has 2 atom stereocenters. The van der Waals surface area contributed by atoms with Gasteiger partial charge >= 0.3 is 0 Å². The predicted molar refractivity (Wildman–Crippen MR) is 127 cm³/mol. The third kappa shape index (κ3) is 5.82. The van der Waals surface area contributed by atoms with Crippen molar-refractivity contribution in [3.63, 3.8) is 0 Å². The molecule has 0 fully saturated rings. The summed E-state index contributed by atoms with van der Waals surface area (Å²) in [5.41, 5.74) is 1.82. The second-order valence-electron chi connectivity index (χ2n) is 7.56. The number of para-hydroxylation sites is 2. The highest BCUT2D eigenvalue weighted by Gasteiger charge is 2.27. The van der Waals surface area contributed by atoms with Crippen LogP contribution in [0.2, 0.25) is 0 Å². The largest absolute Gasteiger partial charge is 0.340 e. The van der Waals surface area contributed by atoms with Gasteiger partial charge in [-0.2, -0.15) is 0 Å². The minimum atomic E-state index is -0.731. The number of hydrogen-bond donors (Lipinski definition) is 3. The molecule has 0 unspecified atom stereocenters. The average Bonchev–Trinajstić information content (AvgIpc) is 2.83. The highest BCUT2D eigenvalue weighted by atomic mass is 16.2. The lowest BCUT2D eigenvalue weighted by atomic mass is 9.97. The maximum atomic E-state index is 13.1. The summed E-state index contributed by atoms with van der Waals surface area (Å²) in [5, 5.41) is 8.51. The Kier molecular flexibility index (Phi) is 7.75. The Labute approximate surface area is 188 Å². The second kappa shape index (κ2) is 10.9. The Morgan fingerprint density at radius 1 is 0.750 bits per heavy atom. The summed E-state index contributed by atoms with van der Waals surface area (Å²) < 4.78 is 0. The maximum Gasteiger partial charge on any atom is 0.255 e. The molecule has 3 aromatic rings. The molecule has 164 valence electrons. The Morgan fingerprint density at radius 3 is 2.00 bits per heavy atom. The van der Waals surface area contributed by atoms with Crippen LogP contribution in [0.25, 0.3) is 0 Å². The molecule has 0 aliphatic rings. The van der Waals surface area contributed by atoms with E-state index in [0.717, 1.165) is 0 Å². The Hall–Kier alpha value is -3.93. The zero-order valence-corrected chi connectivity index (χ0v) is 18.2. The fourth-order valence-corrected chi connectivity index (χ4v) is 3.24. The fourth-order valence-electron chi connectivity index (χ4n) is 3.24. The number of nitrogens with one attached hydrogen (secondary N) is 3. The normalized spacial score (nSPS) is 12.3. The van der Waals surface area contributed by atoms with E-state index in [1.165, 1.54) is 0 Å². The number of rotatable bonds is 8.